The minimum absolute atomic E-state index is 0. The Morgan fingerprint density at radius 1 is 1.11 bits per heavy atom. The highest BCUT2D eigenvalue weighted by atomic mass is 35.5. The first-order chi connectivity index (χ1) is 8.69. The summed E-state index contributed by atoms with van der Waals surface area (Å²) in [6.07, 6.45) is 0. The molecule has 2 aromatic rings. The predicted molar refractivity (Wildman–Crippen MR) is 77.8 cm³/mol. The quantitative estimate of drug-likeness (QED) is 0.748. The van der Waals surface area contributed by atoms with Gasteiger partial charge < -0.3 is 5.73 Å². The average Bonchev–Trinajstić information content (AvgIpc) is 2.40. The van der Waals surface area contributed by atoms with Crippen LogP contribution in [0.5, 0.6) is 0 Å². The Bertz CT molecular complexity index is 691. The lowest BCUT2D eigenvalue weighted by Crippen LogP contribution is -1.95. The molecule has 2 N–H and O–H groups in total. The van der Waals surface area contributed by atoms with Crippen molar-refractivity contribution in [1.82, 2.24) is 4.98 Å². The lowest BCUT2D eigenvalue weighted by atomic mass is 10.1. The molecule has 0 amide bonds. The number of nitriles is 1. The van der Waals surface area contributed by atoms with Crippen molar-refractivity contribution in [1.29, 1.82) is 5.26 Å². The van der Waals surface area contributed by atoms with Gasteiger partial charge in [-0.25, -0.2) is 4.98 Å². The van der Waals surface area contributed by atoms with E-state index < -0.39 is 0 Å². The van der Waals surface area contributed by atoms with Crippen LogP contribution in [0.25, 0.3) is 0 Å². The predicted octanol–water partition coefficient (Wildman–Crippen LogP) is 2.67. The van der Waals surface area contributed by atoms with Gasteiger partial charge in [-0.15, -0.1) is 12.4 Å². The second-order valence-electron chi connectivity index (χ2n) is 3.83. The molecular formula is C15H12ClN3. The summed E-state index contributed by atoms with van der Waals surface area (Å²) in [5.41, 5.74) is 9.16. The number of halogens is 1. The first kappa shape index (κ1) is 14.6. The molecule has 0 saturated carbocycles. The van der Waals surface area contributed by atoms with Crippen LogP contribution in [0, 0.1) is 30.1 Å². The molecule has 1 aromatic heterocycles. The number of aryl methyl sites for hydroxylation is 1. The highest BCUT2D eigenvalue weighted by molar-refractivity contribution is 5.85. The van der Waals surface area contributed by atoms with Gasteiger partial charge in [-0.05, 0) is 43.2 Å². The first-order valence-electron chi connectivity index (χ1n) is 5.44. The maximum atomic E-state index is 8.80. The van der Waals surface area contributed by atoms with E-state index in [0.29, 0.717) is 16.9 Å². The van der Waals surface area contributed by atoms with Gasteiger partial charge in [0.2, 0.25) is 0 Å². The Morgan fingerprint density at radius 3 is 2.58 bits per heavy atom. The minimum Gasteiger partial charge on any atom is -0.396 e. The molecule has 1 aromatic carbocycles. The molecule has 0 saturated heterocycles. The van der Waals surface area contributed by atoms with Crippen LogP contribution in [-0.2, 0) is 0 Å². The number of nitrogen functional groups attached to an aromatic ring is 1. The van der Waals surface area contributed by atoms with Crippen LogP contribution in [0.3, 0.4) is 0 Å². The number of rotatable bonds is 0. The molecule has 0 fully saturated rings. The molecule has 0 aliphatic rings. The number of anilines is 1. The fourth-order valence-electron chi connectivity index (χ4n) is 1.47. The molecule has 0 aliphatic carbocycles. The van der Waals surface area contributed by atoms with Gasteiger partial charge in [-0.1, -0.05) is 12.0 Å². The van der Waals surface area contributed by atoms with E-state index in [2.05, 4.69) is 22.9 Å². The van der Waals surface area contributed by atoms with Crippen LogP contribution in [0.2, 0.25) is 0 Å². The lowest BCUT2D eigenvalue weighted by molar-refractivity contribution is 1.18. The van der Waals surface area contributed by atoms with Gasteiger partial charge in [-0.3, -0.25) is 0 Å². The summed E-state index contributed by atoms with van der Waals surface area (Å²) in [5, 5.41) is 8.80. The van der Waals surface area contributed by atoms with Gasteiger partial charge in [0, 0.05) is 11.3 Å². The Balaban J connectivity index is 0.00000180. The van der Waals surface area contributed by atoms with Crippen molar-refractivity contribution in [2.45, 2.75) is 6.92 Å². The Kier molecular flexibility index (Phi) is 4.94. The summed E-state index contributed by atoms with van der Waals surface area (Å²) in [7, 11) is 0. The molecule has 3 nitrogen and oxygen atoms in total. The second-order valence-corrected chi connectivity index (χ2v) is 3.83. The number of nitrogens with zero attached hydrogens (tertiary/aromatic N) is 2. The van der Waals surface area contributed by atoms with E-state index in [-0.39, 0.29) is 12.4 Å². The zero-order valence-electron chi connectivity index (χ0n) is 10.3. The minimum atomic E-state index is 0. The lowest BCUT2D eigenvalue weighted by Gasteiger charge is -1.98. The van der Waals surface area contributed by atoms with E-state index in [9.17, 15) is 0 Å². The normalized spacial score (nSPS) is 8.63. The molecule has 1 heterocycles. The summed E-state index contributed by atoms with van der Waals surface area (Å²) in [4.78, 5) is 4.27. The Hall–Kier alpha value is -2.49. The van der Waals surface area contributed by atoms with Gasteiger partial charge >= 0.3 is 0 Å². The summed E-state index contributed by atoms with van der Waals surface area (Å²) in [6, 6.07) is 12.8. The third-order valence-corrected chi connectivity index (χ3v) is 2.38. The zero-order valence-corrected chi connectivity index (χ0v) is 11.2. The van der Waals surface area contributed by atoms with Gasteiger partial charge in [0.25, 0.3) is 0 Å². The van der Waals surface area contributed by atoms with E-state index in [4.69, 9.17) is 11.0 Å². The third kappa shape index (κ3) is 3.74. The molecule has 0 bridgehead atoms. The molecule has 0 atom stereocenters. The average molecular weight is 270 g/mol. The van der Waals surface area contributed by atoms with Crippen molar-refractivity contribution in [3.05, 3.63) is 58.9 Å². The molecule has 0 unspecified atom stereocenters. The largest absolute Gasteiger partial charge is 0.396 e. The second kappa shape index (κ2) is 6.44. The summed E-state index contributed by atoms with van der Waals surface area (Å²) in [6.45, 7) is 1.89. The zero-order chi connectivity index (χ0) is 13.0. The molecule has 2 rings (SSSR count). The summed E-state index contributed by atoms with van der Waals surface area (Å²) >= 11 is 0. The smallest absolute Gasteiger partial charge is 0.136 e. The van der Waals surface area contributed by atoms with E-state index >= 15 is 0 Å². The van der Waals surface area contributed by atoms with E-state index in [0.717, 1.165) is 11.3 Å². The van der Waals surface area contributed by atoms with Gasteiger partial charge in [0.05, 0.1) is 17.3 Å². The van der Waals surface area contributed by atoms with Crippen LogP contribution in [-0.4, -0.2) is 4.98 Å². The maximum absolute atomic E-state index is 8.80. The maximum Gasteiger partial charge on any atom is 0.136 e. The van der Waals surface area contributed by atoms with Crippen molar-refractivity contribution in [2.75, 3.05) is 5.73 Å². The summed E-state index contributed by atoms with van der Waals surface area (Å²) < 4.78 is 0. The first-order valence-corrected chi connectivity index (χ1v) is 5.44. The number of pyridine rings is 1. The molecule has 0 radical (unpaired) electrons. The van der Waals surface area contributed by atoms with Crippen LogP contribution >= 0.6 is 12.4 Å². The molecular weight excluding hydrogens is 258 g/mol. The SMILES string of the molecule is Cc1ccc(N)c(C#Cc2cccc(C#N)c2)n1.Cl. The molecule has 0 aliphatic heterocycles. The number of nitrogens with two attached hydrogens (primary N) is 1. The van der Waals surface area contributed by atoms with Crippen molar-refractivity contribution < 1.29 is 0 Å². The van der Waals surface area contributed by atoms with Crippen molar-refractivity contribution in [3.8, 4) is 17.9 Å². The number of aromatic nitrogens is 1. The fourth-order valence-corrected chi connectivity index (χ4v) is 1.47. The third-order valence-electron chi connectivity index (χ3n) is 2.38. The van der Waals surface area contributed by atoms with Crippen LogP contribution in [0.4, 0.5) is 5.69 Å². The Labute approximate surface area is 118 Å². The number of benzene rings is 1. The van der Waals surface area contributed by atoms with E-state index in [1.54, 1.807) is 24.3 Å². The molecule has 0 spiro atoms. The topological polar surface area (TPSA) is 62.7 Å². The van der Waals surface area contributed by atoms with E-state index in [1.807, 2.05) is 19.1 Å². The van der Waals surface area contributed by atoms with Gasteiger partial charge in [-0.2, -0.15) is 5.26 Å². The number of hydrogen-bond acceptors (Lipinski definition) is 3. The summed E-state index contributed by atoms with van der Waals surface area (Å²) in [5.74, 6) is 5.89. The van der Waals surface area contributed by atoms with Gasteiger partial charge in [0.1, 0.15) is 5.69 Å². The van der Waals surface area contributed by atoms with Crippen LogP contribution < -0.4 is 5.73 Å². The van der Waals surface area contributed by atoms with Crippen molar-refractivity contribution in [3.63, 3.8) is 0 Å². The van der Waals surface area contributed by atoms with Crippen LogP contribution in [0.1, 0.15) is 22.5 Å². The standard InChI is InChI=1S/C15H11N3.ClH/c1-11-5-7-14(17)15(18-11)8-6-12-3-2-4-13(9-12)10-16;/h2-5,7,9H,17H2,1H3;1H. The fraction of sp³-hybridized carbons (Fsp3) is 0.0667. The Morgan fingerprint density at radius 2 is 1.84 bits per heavy atom. The van der Waals surface area contributed by atoms with E-state index in [1.165, 1.54) is 0 Å². The monoisotopic (exact) mass is 269 g/mol. The number of hydrogen-bond donors (Lipinski definition) is 1. The highest BCUT2D eigenvalue weighted by Crippen LogP contribution is 2.08. The molecule has 4 heteroatoms. The van der Waals surface area contributed by atoms with Crippen molar-refractivity contribution in [2.24, 2.45) is 0 Å². The molecule has 94 valence electrons. The van der Waals surface area contributed by atoms with Gasteiger partial charge in [0.15, 0.2) is 0 Å². The molecule has 19 heavy (non-hydrogen) atoms. The van der Waals surface area contributed by atoms with Crippen molar-refractivity contribution >= 4 is 18.1 Å². The highest BCUT2D eigenvalue weighted by Gasteiger charge is 1.97. The van der Waals surface area contributed by atoms with Crippen LogP contribution in [0.15, 0.2) is 36.4 Å².